The van der Waals surface area contributed by atoms with Gasteiger partial charge < -0.3 is 19.9 Å². The lowest BCUT2D eigenvalue weighted by Crippen LogP contribution is -2.36. The van der Waals surface area contributed by atoms with E-state index in [1.165, 1.54) is 0 Å². The monoisotopic (exact) mass is 473 g/mol. The summed E-state index contributed by atoms with van der Waals surface area (Å²) in [5.74, 6) is 2.28. The Kier molecular flexibility index (Phi) is 8.34. The van der Waals surface area contributed by atoms with E-state index in [1.807, 2.05) is 74.9 Å². The number of carbonyl (C=O) groups is 1. The lowest BCUT2D eigenvalue weighted by atomic mass is 10.1. The predicted octanol–water partition coefficient (Wildman–Crippen LogP) is 3.88. The Morgan fingerprint density at radius 3 is 2.69 bits per heavy atom. The molecule has 7 nitrogen and oxygen atoms in total. The number of rotatable bonds is 10. The average Bonchev–Trinajstić information content (AvgIpc) is 3.36. The number of hydrogen-bond acceptors (Lipinski definition) is 6. The van der Waals surface area contributed by atoms with E-state index < -0.39 is 0 Å². The molecule has 1 aliphatic heterocycles. The van der Waals surface area contributed by atoms with Crippen LogP contribution in [0.3, 0.4) is 0 Å². The van der Waals surface area contributed by atoms with Gasteiger partial charge in [-0.25, -0.2) is 4.98 Å². The molecule has 1 saturated heterocycles. The summed E-state index contributed by atoms with van der Waals surface area (Å²) in [7, 11) is 5.94. The Balaban J connectivity index is 1.38. The van der Waals surface area contributed by atoms with Gasteiger partial charge in [0.25, 0.3) is 5.91 Å². The third kappa shape index (κ3) is 6.59. The molecule has 1 aliphatic rings. The van der Waals surface area contributed by atoms with Gasteiger partial charge in [-0.05, 0) is 61.5 Å². The molecular formula is C28H35N5O2. The molecule has 0 aliphatic carbocycles. The van der Waals surface area contributed by atoms with Gasteiger partial charge in [0, 0.05) is 64.6 Å². The van der Waals surface area contributed by atoms with E-state index in [0.29, 0.717) is 23.9 Å². The Bertz CT molecular complexity index is 1110. The highest BCUT2D eigenvalue weighted by molar-refractivity contribution is 5.94. The first-order valence-electron chi connectivity index (χ1n) is 12.2. The number of pyridine rings is 1. The van der Waals surface area contributed by atoms with Crippen molar-refractivity contribution in [1.82, 2.24) is 20.1 Å². The molecule has 1 aromatic heterocycles. The van der Waals surface area contributed by atoms with Crippen LogP contribution in [0.15, 0.2) is 72.9 Å². The molecule has 0 bridgehead atoms. The van der Waals surface area contributed by atoms with Crippen LogP contribution in [0.1, 0.15) is 22.3 Å². The van der Waals surface area contributed by atoms with E-state index in [2.05, 4.69) is 33.2 Å². The van der Waals surface area contributed by atoms with Crippen LogP contribution in [0.2, 0.25) is 0 Å². The topological polar surface area (TPSA) is 60.9 Å². The van der Waals surface area contributed by atoms with Gasteiger partial charge in [0.05, 0.1) is 0 Å². The number of ether oxygens (including phenoxy) is 1. The highest BCUT2D eigenvalue weighted by atomic mass is 16.5. The maximum absolute atomic E-state index is 13.1. The predicted molar refractivity (Wildman–Crippen MR) is 140 cm³/mol. The van der Waals surface area contributed by atoms with E-state index in [9.17, 15) is 4.79 Å². The lowest BCUT2D eigenvalue weighted by Gasteiger charge is -2.27. The van der Waals surface area contributed by atoms with E-state index in [-0.39, 0.29) is 5.91 Å². The fraction of sp³-hybridized carbons (Fsp3) is 0.357. The van der Waals surface area contributed by atoms with Gasteiger partial charge >= 0.3 is 0 Å². The first-order valence-corrected chi connectivity index (χ1v) is 12.2. The van der Waals surface area contributed by atoms with Crippen LogP contribution in [-0.2, 0) is 6.54 Å². The number of para-hydroxylation sites is 1. The number of nitrogens with one attached hydrogen (secondary N) is 1. The summed E-state index contributed by atoms with van der Waals surface area (Å²) in [6, 6.07) is 21.4. The third-order valence-electron chi connectivity index (χ3n) is 6.47. The van der Waals surface area contributed by atoms with Crippen molar-refractivity contribution in [2.45, 2.75) is 19.0 Å². The molecule has 1 N–H and O–H groups in total. The molecule has 184 valence electrons. The van der Waals surface area contributed by atoms with Crippen LogP contribution in [0, 0.1) is 0 Å². The van der Waals surface area contributed by atoms with E-state index in [0.717, 1.165) is 49.7 Å². The van der Waals surface area contributed by atoms with Gasteiger partial charge in [-0.3, -0.25) is 9.69 Å². The molecule has 3 aromatic rings. The minimum Gasteiger partial charge on any atom is -0.457 e. The Morgan fingerprint density at radius 1 is 1.09 bits per heavy atom. The molecule has 2 aromatic carbocycles. The van der Waals surface area contributed by atoms with Gasteiger partial charge in [0.1, 0.15) is 17.3 Å². The Morgan fingerprint density at radius 2 is 1.89 bits per heavy atom. The van der Waals surface area contributed by atoms with Crippen LogP contribution < -0.4 is 15.0 Å². The molecule has 1 atom stereocenters. The summed E-state index contributed by atoms with van der Waals surface area (Å²) in [6.45, 7) is 4.74. The minimum atomic E-state index is -0.0498. The number of benzene rings is 2. The summed E-state index contributed by atoms with van der Waals surface area (Å²) >= 11 is 0. The Hall–Kier alpha value is -3.42. The summed E-state index contributed by atoms with van der Waals surface area (Å²) in [4.78, 5) is 24.2. The van der Waals surface area contributed by atoms with Crippen molar-refractivity contribution in [2.75, 3.05) is 52.2 Å². The zero-order chi connectivity index (χ0) is 24.6. The van der Waals surface area contributed by atoms with Crippen molar-refractivity contribution in [3.8, 4) is 11.5 Å². The van der Waals surface area contributed by atoms with Crippen LogP contribution in [0.5, 0.6) is 11.5 Å². The molecule has 0 saturated carbocycles. The summed E-state index contributed by atoms with van der Waals surface area (Å²) < 4.78 is 5.90. The smallest absolute Gasteiger partial charge is 0.254 e. The van der Waals surface area contributed by atoms with E-state index >= 15 is 0 Å². The number of likely N-dealkylation sites (N-methyl/N-ethyl adjacent to an activating group) is 2. The van der Waals surface area contributed by atoms with Crippen molar-refractivity contribution >= 4 is 11.7 Å². The van der Waals surface area contributed by atoms with Crippen LogP contribution in [0.25, 0.3) is 0 Å². The first kappa shape index (κ1) is 24.7. The second-order valence-electron chi connectivity index (χ2n) is 9.08. The number of aromatic nitrogens is 1. The van der Waals surface area contributed by atoms with Crippen LogP contribution in [0.4, 0.5) is 5.82 Å². The zero-order valence-corrected chi connectivity index (χ0v) is 20.9. The van der Waals surface area contributed by atoms with Crippen LogP contribution >= 0.6 is 0 Å². The standard InChI is InChI=1S/C28H35N5O2/c1-29-15-17-33-16-13-24(21-33)32(3)27-18-22(12-14-30-27)20-31(2)28(34)23-8-7-11-26(19-23)35-25-9-5-4-6-10-25/h4-12,14,18-19,24,29H,13,15-17,20-21H2,1-3H3/t24-/m1/s1. The molecule has 0 unspecified atom stereocenters. The molecule has 1 fully saturated rings. The molecule has 0 spiro atoms. The average molecular weight is 474 g/mol. The van der Waals surface area contributed by atoms with Gasteiger partial charge in [0.15, 0.2) is 0 Å². The van der Waals surface area contributed by atoms with Crippen LogP contribution in [-0.4, -0.2) is 74.1 Å². The van der Waals surface area contributed by atoms with Crippen molar-refractivity contribution in [3.63, 3.8) is 0 Å². The second-order valence-corrected chi connectivity index (χ2v) is 9.08. The number of nitrogens with zero attached hydrogens (tertiary/aromatic N) is 4. The largest absolute Gasteiger partial charge is 0.457 e. The SMILES string of the molecule is CNCCN1CC[C@@H](N(C)c2cc(CN(C)C(=O)c3cccc(Oc4ccccc4)c3)ccn2)C1. The quantitative estimate of drug-likeness (QED) is 0.482. The zero-order valence-electron chi connectivity index (χ0n) is 20.9. The van der Waals surface area contributed by atoms with Crippen molar-refractivity contribution in [3.05, 3.63) is 84.1 Å². The maximum Gasteiger partial charge on any atom is 0.254 e. The minimum absolute atomic E-state index is 0.0498. The first-order chi connectivity index (χ1) is 17.0. The summed E-state index contributed by atoms with van der Waals surface area (Å²) in [6.07, 6.45) is 2.97. The highest BCUT2D eigenvalue weighted by Gasteiger charge is 2.26. The molecule has 0 radical (unpaired) electrons. The summed E-state index contributed by atoms with van der Waals surface area (Å²) in [5.41, 5.74) is 1.65. The molecule has 7 heteroatoms. The normalized spacial score (nSPS) is 15.7. The molecule has 2 heterocycles. The number of likely N-dealkylation sites (tertiary alicyclic amines) is 1. The van der Waals surface area contributed by atoms with Gasteiger partial charge in [0.2, 0.25) is 0 Å². The van der Waals surface area contributed by atoms with Gasteiger partial charge in [-0.1, -0.05) is 24.3 Å². The summed E-state index contributed by atoms with van der Waals surface area (Å²) in [5, 5.41) is 3.22. The molecule has 35 heavy (non-hydrogen) atoms. The number of carbonyl (C=O) groups excluding carboxylic acids is 1. The van der Waals surface area contributed by atoms with Crippen molar-refractivity contribution in [2.24, 2.45) is 0 Å². The van der Waals surface area contributed by atoms with E-state index in [4.69, 9.17) is 4.74 Å². The highest BCUT2D eigenvalue weighted by Crippen LogP contribution is 2.24. The molecule has 4 rings (SSSR count). The number of amides is 1. The second kappa shape index (κ2) is 11.8. The van der Waals surface area contributed by atoms with Gasteiger partial charge in [-0.15, -0.1) is 0 Å². The number of hydrogen-bond donors (Lipinski definition) is 1. The number of anilines is 1. The fourth-order valence-corrected chi connectivity index (χ4v) is 4.42. The van der Waals surface area contributed by atoms with Crippen molar-refractivity contribution < 1.29 is 9.53 Å². The van der Waals surface area contributed by atoms with Crippen molar-refractivity contribution in [1.29, 1.82) is 0 Å². The molecule has 1 amide bonds. The van der Waals surface area contributed by atoms with E-state index in [1.54, 1.807) is 11.0 Å². The maximum atomic E-state index is 13.1. The van der Waals surface area contributed by atoms with Gasteiger partial charge in [-0.2, -0.15) is 0 Å². The Labute approximate surface area is 208 Å². The molecular weight excluding hydrogens is 438 g/mol. The fourth-order valence-electron chi connectivity index (χ4n) is 4.42. The lowest BCUT2D eigenvalue weighted by molar-refractivity contribution is 0.0784. The third-order valence-corrected chi connectivity index (χ3v) is 6.47.